The van der Waals surface area contributed by atoms with Crippen molar-refractivity contribution in [2.75, 3.05) is 19.7 Å². The largest absolute Gasteiger partial charge is 0.396 e. The summed E-state index contributed by atoms with van der Waals surface area (Å²) >= 11 is 0. The Morgan fingerprint density at radius 3 is 2.42 bits per heavy atom. The minimum absolute atomic E-state index is 0.159. The highest BCUT2D eigenvalue weighted by atomic mass is 16.3. The van der Waals surface area contributed by atoms with Crippen LogP contribution in [0.3, 0.4) is 0 Å². The molecule has 0 radical (unpaired) electrons. The van der Waals surface area contributed by atoms with E-state index in [4.69, 9.17) is 5.11 Å². The maximum atomic E-state index is 11.7. The fraction of sp³-hybridized carbons (Fsp3) is 0.846. The number of carbonyl (C=O) groups excluding carboxylic acids is 2. The molecule has 6 heteroatoms. The second kappa shape index (κ2) is 10.8. The molecule has 3 amide bonds. The van der Waals surface area contributed by atoms with Gasteiger partial charge in [0.2, 0.25) is 5.91 Å². The van der Waals surface area contributed by atoms with Gasteiger partial charge in [-0.15, -0.1) is 0 Å². The summed E-state index contributed by atoms with van der Waals surface area (Å²) in [5.41, 5.74) is 0. The first-order chi connectivity index (χ1) is 9.04. The van der Waals surface area contributed by atoms with Gasteiger partial charge in [-0.2, -0.15) is 0 Å². The summed E-state index contributed by atoms with van der Waals surface area (Å²) in [7, 11) is 0. The fourth-order valence-electron chi connectivity index (χ4n) is 1.80. The van der Waals surface area contributed by atoms with Crippen molar-refractivity contribution in [2.45, 2.75) is 46.1 Å². The van der Waals surface area contributed by atoms with E-state index < -0.39 is 12.1 Å². The summed E-state index contributed by atoms with van der Waals surface area (Å²) in [6.07, 6.45) is 2.79. The predicted molar refractivity (Wildman–Crippen MR) is 74.8 cm³/mol. The van der Waals surface area contributed by atoms with Crippen LogP contribution in [-0.2, 0) is 4.79 Å². The summed E-state index contributed by atoms with van der Waals surface area (Å²) in [5.74, 6) is 0.0138. The molecule has 112 valence electrons. The monoisotopic (exact) mass is 273 g/mol. The third kappa shape index (κ3) is 8.56. The molecule has 0 fully saturated rings. The van der Waals surface area contributed by atoms with E-state index in [1.807, 2.05) is 0 Å². The number of imide groups is 1. The first-order valence-electron chi connectivity index (χ1n) is 6.98. The zero-order valence-corrected chi connectivity index (χ0v) is 12.2. The molecular weight excluding hydrogens is 246 g/mol. The molecule has 0 aromatic carbocycles. The Kier molecular flexibility index (Phi) is 10.1. The van der Waals surface area contributed by atoms with Crippen molar-refractivity contribution < 1.29 is 14.7 Å². The lowest BCUT2D eigenvalue weighted by atomic mass is 10.00. The van der Waals surface area contributed by atoms with Crippen LogP contribution in [0.1, 0.15) is 40.0 Å². The van der Waals surface area contributed by atoms with Gasteiger partial charge in [-0.3, -0.25) is 10.1 Å². The van der Waals surface area contributed by atoms with Gasteiger partial charge in [-0.1, -0.05) is 13.3 Å². The molecule has 0 aliphatic heterocycles. The van der Waals surface area contributed by atoms with Crippen molar-refractivity contribution in [1.29, 1.82) is 0 Å². The molecule has 0 heterocycles. The molecule has 0 aromatic heterocycles. The summed E-state index contributed by atoms with van der Waals surface area (Å²) in [6.45, 7) is 6.91. The molecule has 0 saturated carbocycles. The zero-order chi connectivity index (χ0) is 14.7. The summed E-state index contributed by atoms with van der Waals surface area (Å²) in [6, 6.07) is -0.901. The number of rotatable bonds is 9. The topological polar surface area (TPSA) is 90.5 Å². The summed E-state index contributed by atoms with van der Waals surface area (Å²) in [4.78, 5) is 22.9. The highest BCUT2D eigenvalue weighted by Crippen LogP contribution is 2.09. The van der Waals surface area contributed by atoms with Crippen LogP contribution in [0.15, 0.2) is 0 Å². The number of hydrogen-bond donors (Lipinski definition) is 4. The lowest BCUT2D eigenvalue weighted by Gasteiger charge is -2.19. The standard InChI is InChI=1S/C13H27N3O3/c1-4-6-11(7-8-17)9-15-10(3)12(18)16-13(19)14-5-2/h10-11,15,17H,4-9H2,1-3H3,(H2,14,16,18,19). The molecule has 2 unspecified atom stereocenters. The van der Waals surface area contributed by atoms with Crippen LogP contribution in [0.25, 0.3) is 0 Å². The van der Waals surface area contributed by atoms with Crippen LogP contribution in [0.5, 0.6) is 0 Å². The van der Waals surface area contributed by atoms with E-state index >= 15 is 0 Å². The second-order valence-corrected chi connectivity index (χ2v) is 4.65. The van der Waals surface area contributed by atoms with E-state index in [2.05, 4.69) is 22.9 Å². The molecule has 2 atom stereocenters. The summed E-state index contributed by atoms with van der Waals surface area (Å²) < 4.78 is 0. The molecule has 0 bridgehead atoms. The molecule has 0 aliphatic carbocycles. The van der Waals surface area contributed by atoms with E-state index in [-0.39, 0.29) is 12.5 Å². The van der Waals surface area contributed by atoms with Crippen molar-refractivity contribution in [3.05, 3.63) is 0 Å². The smallest absolute Gasteiger partial charge is 0.321 e. The van der Waals surface area contributed by atoms with Crippen LogP contribution in [0.4, 0.5) is 4.79 Å². The van der Waals surface area contributed by atoms with Gasteiger partial charge in [0.15, 0.2) is 0 Å². The molecule has 0 aromatic rings. The van der Waals surface area contributed by atoms with E-state index in [0.717, 1.165) is 19.3 Å². The van der Waals surface area contributed by atoms with E-state index in [1.54, 1.807) is 13.8 Å². The van der Waals surface area contributed by atoms with Crippen molar-refractivity contribution >= 4 is 11.9 Å². The van der Waals surface area contributed by atoms with Crippen LogP contribution >= 0.6 is 0 Å². The fourth-order valence-corrected chi connectivity index (χ4v) is 1.80. The van der Waals surface area contributed by atoms with Gasteiger partial charge in [0.25, 0.3) is 0 Å². The van der Waals surface area contributed by atoms with Gasteiger partial charge in [-0.25, -0.2) is 4.79 Å². The van der Waals surface area contributed by atoms with Gasteiger partial charge in [0, 0.05) is 13.2 Å². The number of hydrogen-bond acceptors (Lipinski definition) is 4. The SMILES string of the molecule is CCCC(CCO)CNC(C)C(=O)NC(=O)NCC. The van der Waals surface area contributed by atoms with Crippen molar-refractivity contribution in [3.63, 3.8) is 0 Å². The molecular formula is C13H27N3O3. The highest BCUT2D eigenvalue weighted by molar-refractivity contribution is 5.96. The van der Waals surface area contributed by atoms with Crippen molar-refractivity contribution in [1.82, 2.24) is 16.0 Å². The third-order valence-corrected chi connectivity index (χ3v) is 2.91. The number of carbonyl (C=O) groups is 2. The third-order valence-electron chi connectivity index (χ3n) is 2.91. The minimum Gasteiger partial charge on any atom is -0.396 e. The molecule has 19 heavy (non-hydrogen) atoms. The quantitative estimate of drug-likeness (QED) is 0.495. The van der Waals surface area contributed by atoms with Crippen molar-refractivity contribution in [2.24, 2.45) is 5.92 Å². The van der Waals surface area contributed by atoms with Crippen LogP contribution < -0.4 is 16.0 Å². The van der Waals surface area contributed by atoms with Gasteiger partial charge in [0.05, 0.1) is 6.04 Å². The number of amides is 3. The molecule has 0 aliphatic rings. The first-order valence-corrected chi connectivity index (χ1v) is 6.98. The van der Waals surface area contributed by atoms with E-state index in [1.165, 1.54) is 0 Å². The van der Waals surface area contributed by atoms with Crippen molar-refractivity contribution in [3.8, 4) is 0 Å². The van der Waals surface area contributed by atoms with Gasteiger partial charge < -0.3 is 15.7 Å². The minimum atomic E-state index is -0.471. The maximum absolute atomic E-state index is 11.7. The molecule has 6 nitrogen and oxygen atoms in total. The number of urea groups is 1. The molecule has 0 saturated heterocycles. The number of nitrogens with one attached hydrogen (secondary N) is 3. The Balaban J connectivity index is 4.02. The Hall–Kier alpha value is -1.14. The molecule has 4 N–H and O–H groups in total. The van der Waals surface area contributed by atoms with Crippen LogP contribution in [0, 0.1) is 5.92 Å². The summed E-state index contributed by atoms with van der Waals surface area (Å²) in [5, 5.41) is 16.8. The molecule has 0 rings (SSSR count). The van der Waals surface area contributed by atoms with Gasteiger partial charge in [0.1, 0.15) is 0 Å². The zero-order valence-electron chi connectivity index (χ0n) is 12.2. The number of aliphatic hydroxyl groups is 1. The molecule has 0 spiro atoms. The second-order valence-electron chi connectivity index (χ2n) is 4.65. The van der Waals surface area contributed by atoms with E-state index in [0.29, 0.717) is 19.0 Å². The average Bonchev–Trinajstić information content (AvgIpc) is 2.36. The Morgan fingerprint density at radius 1 is 1.21 bits per heavy atom. The van der Waals surface area contributed by atoms with Gasteiger partial charge in [-0.05, 0) is 39.2 Å². The Morgan fingerprint density at radius 2 is 1.89 bits per heavy atom. The van der Waals surface area contributed by atoms with Crippen LogP contribution in [0.2, 0.25) is 0 Å². The lowest BCUT2D eigenvalue weighted by Crippen LogP contribution is -2.48. The van der Waals surface area contributed by atoms with Gasteiger partial charge >= 0.3 is 6.03 Å². The normalized spacial score (nSPS) is 13.7. The average molecular weight is 273 g/mol. The van der Waals surface area contributed by atoms with E-state index in [9.17, 15) is 9.59 Å². The number of aliphatic hydroxyl groups excluding tert-OH is 1. The highest BCUT2D eigenvalue weighted by Gasteiger charge is 2.16. The maximum Gasteiger partial charge on any atom is 0.321 e. The Bertz CT molecular complexity index is 266. The predicted octanol–water partition coefficient (Wildman–Crippen LogP) is 0.609. The lowest BCUT2D eigenvalue weighted by molar-refractivity contribution is -0.121. The van der Waals surface area contributed by atoms with Crippen LogP contribution in [-0.4, -0.2) is 42.8 Å². The Labute approximate surface area is 115 Å². The first kappa shape index (κ1) is 17.9.